The van der Waals surface area contributed by atoms with E-state index in [0.717, 1.165) is 12.8 Å². The van der Waals surface area contributed by atoms with Crippen LogP contribution in [0, 0.1) is 5.92 Å². The highest BCUT2D eigenvalue weighted by atomic mass is 32.2. The van der Waals surface area contributed by atoms with Gasteiger partial charge in [0.2, 0.25) is 0 Å². The summed E-state index contributed by atoms with van der Waals surface area (Å²) in [7, 11) is -4.12. The van der Waals surface area contributed by atoms with Crippen molar-refractivity contribution >= 4 is 32.5 Å². The molecule has 0 spiro atoms. The van der Waals surface area contributed by atoms with Gasteiger partial charge in [0, 0.05) is 33.3 Å². The minimum Gasteiger partial charge on any atom is -0.325 e. The maximum absolute atomic E-state index is 12.5. The molecule has 26 heavy (non-hydrogen) atoms. The van der Waals surface area contributed by atoms with Gasteiger partial charge in [-0.3, -0.25) is 0 Å². The van der Waals surface area contributed by atoms with Gasteiger partial charge in [-0.05, 0) is 36.4 Å². The second-order valence-corrected chi connectivity index (χ2v) is 7.96. The number of piperidine rings is 1. The minimum atomic E-state index is -4.12. The number of nitrogens with one attached hydrogen (secondary N) is 1. The Hall–Kier alpha value is -2.77. The molecule has 1 saturated heterocycles. The molecular weight excluding hydrogens is 354 g/mol. The number of hydrogen-bond acceptors (Lipinski definition) is 3. The van der Waals surface area contributed by atoms with Crippen molar-refractivity contribution in [2.45, 2.75) is 24.7 Å². The van der Waals surface area contributed by atoms with Gasteiger partial charge in [-0.15, -0.1) is 0 Å². The number of amides is 2. The number of rotatable bonds is 3. The van der Waals surface area contributed by atoms with Crippen molar-refractivity contribution in [1.82, 2.24) is 4.90 Å². The summed E-state index contributed by atoms with van der Waals surface area (Å²) in [6, 6.07) is 9.45. The third-order valence-electron chi connectivity index (χ3n) is 4.62. The molecule has 1 aliphatic rings. The summed E-state index contributed by atoms with van der Waals surface area (Å²) in [4.78, 5) is 16.6. The lowest BCUT2D eigenvalue weighted by molar-refractivity contribution is 0.186. The molecule has 0 atom stereocenters. The van der Waals surface area contributed by atoms with Crippen LogP contribution in [0.1, 0.15) is 19.8 Å². The quantitative estimate of drug-likeness (QED) is 0.496. The molecule has 1 heterocycles. The van der Waals surface area contributed by atoms with Crippen molar-refractivity contribution in [3.05, 3.63) is 46.8 Å². The van der Waals surface area contributed by atoms with Crippen molar-refractivity contribution in [2.75, 3.05) is 18.4 Å². The summed E-state index contributed by atoms with van der Waals surface area (Å²) in [5, 5.41) is 3.83. The Kier molecular flexibility index (Phi) is 5.01. The average Bonchev–Trinajstić information content (AvgIpc) is 2.62. The number of benzene rings is 2. The number of hydrogen-bond donors (Lipinski definition) is 1. The summed E-state index contributed by atoms with van der Waals surface area (Å²) in [5.74, 6) is 0.616. The maximum atomic E-state index is 12.5. The van der Waals surface area contributed by atoms with Crippen LogP contribution >= 0.6 is 0 Å². The number of fused-ring (bicyclic) bond motifs is 1. The number of nitrogens with zero attached hydrogens (tertiary/aromatic N) is 4. The third-order valence-corrected chi connectivity index (χ3v) is 5.82. The Bertz CT molecular complexity index is 991. The van der Waals surface area contributed by atoms with E-state index < -0.39 is 10.0 Å². The molecule has 0 aromatic heterocycles. The van der Waals surface area contributed by atoms with Gasteiger partial charge in [0.05, 0.1) is 10.6 Å². The molecule has 2 aromatic carbocycles. The lowest BCUT2D eigenvalue weighted by Gasteiger charge is -2.30. The van der Waals surface area contributed by atoms with Crippen molar-refractivity contribution in [3.8, 4) is 0 Å². The summed E-state index contributed by atoms with van der Waals surface area (Å²) < 4.78 is 27.2. The van der Waals surface area contributed by atoms with Gasteiger partial charge >= 0.3 is 6.03 Å². The Balaban J connectivity index is 1.95. The van der Waals surface area contributed by atoms with E-state index in [1.54, 1.807) is 35.2 Å². The third kappa shape index (κ3) is 3.58. The molecule has 0 unspecified atom stereocenters. The molecular formula is C17H19N5O3S. The molecule has 0 aliphatic carbocycles. The minimum absolute atomic E-state index is 0.0873. The number of likely N-dealkylation sites (tertiary alicyclic amines) is 1. The monoisotopic (exact) mass is 373 g/mol. The molecule has 3 rings (SSSR count). The average molecular weight is 373 g/mol. The van der Waals surface area contributed by atoms with Gasteiger partial charge in [0.1, 0.15) is 0 Å². The van der Waals surface area contributed by atoms with Gasteiger partial charge in [-0.2, -0.15) is 0 Å². The smallest absolute Gasteiger partial charge is 0.321 e. The fraction of sp³-hybridized carbons (Fsp3) is 0.353. The number of urea groups is 1. The van der Waals surface area contributed by atoms with Crippen LogP contribution < -0.4 is 5.32 Å². The van der Waals surface area contributed by atoms with E-state index >= 15 is 0 Å². The first-order valence-corrected chi connectivity index (χ1v) is 9.75. The predicted molar refractivity (Wildman–Crippen MR) is 99.3 cm³/mol. The summed E-state index contributed by atoms with van der Waals surface area (Å²) in [6.45, 7) is 3.58. The van der Waals surface area contributed by atoms with E-state index in [2.05, 4.69) is 21.7 Å². The normalized spacial score (nSPS) is 15.5. The highest BCUT2D eigenvalue weighted by Gasteiger charge is 2.21. The van der Waals surface area contributed by atoms with Gasteiger partial charge in [0.15, 0.2) is 0 Å². The number of carbonyl (C=O) groups excluding carboxylic acids is 1. The number of carbonyl (C=O) groups is 1. The molecule has 0 saturated carbocycles. The summed E-state index contributed by atoms with van der Waals surface area (Å²) in [6.07, 6.45) is 1.94. The zero-order valence-corrected chi connectivity index (χ0v) is 15.1. The van der Waals surface area contributed by atoms with Crippen LogP contribution in [0.25, 0.3) is 21.2 Å². The molecule has 9 heteroatoms. The lowest BCUT2D eigenvalue weighted by Crippen LogP contribution is -2.40. The molecule has 1 fully saturated rings. The molecule has 2 aromatic rings. The summed E-state index contributed by atoms with van der Waals surface area (Å²) in [5.41, 5.74) is 9.01. The van der Waals surface area contributed by atoms with Crippen LogP contribution in [-0.4, -0.2) is 32.4 Å². The number of anilines is 1. The van der Waals surface area contributed by atoms with Crippen LogP contribution in [0.4, 0.5) is 10.5 Å². The largest absolute Gasteiger partial charge is 0.325 e. The van der Waals surface area contributed by atoms with Crippen molar-refractivity contribution < 1.29 is 13.2 Å². The van der Waals surface area contributed by atoms with Crippen LogP contribution in [0.3, 0.4) is 0 Å². The fourth-order valence-corrected chi connectivity index (χ4v) is 4.00. The van der Waals surface area contributed by atoms with Gasteiger partial charge in [-0.25, -0.2) is 13.2 Å². The van der Waals surface area contributed by atoms with Crippen LogP contribution in [0.5, 0.6) is 0 Å². The van der Waals surface area contributed by atoms with Gasteiger partial charge in [0.25, 0.3) is 10.0 Å². The highest BCUT2D eigenvalue weighted by molar-refractivity contribution is 7.90. The second kappa shape index (κ2) is 7.23. The van der Waals surface area contributed by atoms with E-state index in [9.17, 15) is 13.2 Å². The zero-order valence-electron chi connectivity index (χ0n) is 14.3. The molecule has 8 nitrogen and oxygen atoms in total. The SMILES string of the molecule is CC1CCN(C(=O)Nc2cccc3c(S(=O)(=O)N=[N+]=[N-])cccc23)CC1. The zero-order chi connectivity index (χ0) is 18.7. The maximum Gasteiger partial charge on any atom is 0.321 e. The highest BCUT2D eigenvalue weighted by Crippen LogP contribution is 2.30. The van der Waals surface area contributed by atoms with E-state index in [1.165, 1.54) is 6.07 Å². The van der Waals surface area contributed by atoms with Crippen LogP contribution in [0.15, 0.2) is 45.8 Å². The van der Waals surface area contributed by atoms with E-state index in [-0.39, 0.29) is 10.9 Å². The first-order chi connectivity index (χ1) is 12.4. The van der Waals surface area contributed by atoms with Crippen molar-refractivity contribution in [2.24, 2.45) is 10.4 Å². The molecule has 1 aliphatic heterocycles. The molecule has 1 N–H and O–H groups in total. The Morgan fingerprint density at radius 3 is 2.54 bits per heavy atom. The second-order valence-electron chi connectivity index (χ2n) is 6.40. The first-order valence-electron chi connectivity index (χ1n) is 8.31. The molecule has 0 bridgehead atoms. The van der Waals surface area contributed by atoms with Crippen LogP contribution in [-0.2, 0) is 10.0 Å². The fourth-order valence-electron chi connectivity index (χ4n) is 3.11. The Morgan fingerprint density at radius 1 is 1.19 bits per heavy atom. The summed E-state index contributed by atoms with van der Waals surface area (Å²) >= 11 is 0. The van der Waals surface area contributed by atoms with Crippen molar-refractivity contribution in [1.29, 1.82) is 0 Å². The molecule has 0 radical (unpaired) electrons. The topological polar surface area (TPSA) is 115 Å². The Morgan fingerprint density at radius 2 is 1.85 bits per heavy atom. The lowest BCUT2D eigenvalue weighted by atomic mass is 10.00. The standard InChI is InChI=1S/C17H19N5O3S/c1-12-8-10-22(11-9-12)17(23)19-15-6-2-5-14-13(15)4-3-7-16(14)26(24,25)21-20-18/h2-7,12H,8-11H2,1H3,(H,19,23). The predicted octanol–water partition coefficient (Wildman–Crippen LogP) is 4.10. The molecule has 2 amide bonds. The molecule has 136 valence electrons. The number of sulfonamides is 1. The Labute approximate surface area is 151 Å². The van der Waals surface area contributed by atoms with Gasteiger partial charge < -0.3 is 10.2 Å². The van der Waals surface area contributed by atoms with Crippen molar-refractivity contribution in [3.63, 3.8) is 0 Å². The van der Waals surface area contributed by atoms with E-state index in [0.29, 0.717) is 35.5 Å². The van der Waals surface area contributed by atoms with Crippen LogP contribution in [0.2, 0.25) is 0 Å². The number of azide groups is 1. The van der Waals surface area contributed by atoms with Gasteiger partial charge in [-0.1, -0.05) is 31.2 Å². The first kappa shape index (κ1) is 18.0. The van der Waals surface area contributed by atoms with E-state index in [1.807, 2.05) is 0 Å². The van der Waals surface area contributed by atoms with E-state index in [4.69, 9.17) is 5.53 Å².